The molecule has 0 radical (unpaired) electrons. The Morgan fingerprint density at radius 3 is 2.88 bits per heavy atom. The van der Waals surface area contributed by atoms with E-state index in [0.29, 0.717) is 58.7 Å². The molecule has 3 unspecified atom stereocenters. The van der Waals surface area contributed by atoms with Crippen LogP contribution in [0.3, 0.4) is 0 Å². The molecule has 4 aliphatic rings. The molecule has 43 heavy (non-hydrogen) atoms. The SMILES string of the molecule is C#Cc1cccc2cc(O)cc(-c3ncc4c(N5CB6CCC(C5)O6)nc(OC)nc4c3F)c12.FC1CC2CCCN2C1. The zero-order chi connectivity index (χ0) is 29.7. The van der Waals surface area contributed by atoms with Gasteiger partial charge in [-0.15, -0.1) is 6.42 Å². The summed E-state index contributed by atoms with van der Waals surface area (Å²) in [5.74, 6) is 2.58. The molecule has 3 atom stereocenters. The van der Waals surface area contributed by atoms with Crippen molar-refractivity contribution in [1.82, 2.24) is 19.9 Å². The van der Waals surface area contributed by atoms with Crippen molar-refractivity contribution in [3.8, 4) is 35.4 Å². The van der Waals surface area contributed by atoms with Gasteiger partial charge < -0.3 is 19.4 Å². The van der Waals surface area contributed by atoms with Crippen molar-refractivity contribution in [1.29, 1.82) is 0 Å². The average molecular weight is 583 g/mol. The zero-order valence-corrected chi connectivity index (χ0v) is 24.0. The molecule has 2 aromatic heterocycles. The first kappa shape index (κ1) is 27.8. The minimum atomic E-state index is -0.630. The number of nitrogens with zero attached hydrogens (tertiary/aromatic N) is 5. The summed E-state index contributed by atoms with van der Waals surface area (Å²) in [5, 5.41) is 12.1. The number of pyridine rings is 1. The van der Waals surface area contributed by atoms with Gasteiger partial charge >= 0.3 is 12.9 Å². The normalized spacial score (nSPS) is 22.9. The summed E-state index contributed by atoms with van der Waals surface area (Å²) < 4.78 is 40.0. The molecular weight excluding hydrogens is 551 g/mol. The summed E-state index contributed by atoms with van der Waals surface area (Å²) in [6.45, 7) is 2.65. The van der Waals surface area contributed by atoms with Crippen LogP contribution in [-0.2, 0) is 4.65 Å². The van der Waals surface area contributed by atoms with Gasteiger partial charge in [0.2, 0.25) is 0 Å². The minimum absolute atomic E-state index is 0.0114. The van der Waals surface area contributed by atoms with Crippen LogP contribution in [0.25, 0.3) is 32.9 Å². The van der Waals surface area contributed by atoms with Gasteiger partial charge in [-0.3, -0.25) is 9.88 Å². The number of hydrogen-bond donors (Lipinski definition) is 1. The molecule has 2 aromatic carbocycles. The van der Waals surface area contributed by atoms with E-state index in [1.54, 1.807) is 24.4 Å². The Labute approximate surface area is 249 Å². The molecule has 2 bridgehead atoms. The fraction of sp³-hybridized carbons (Fsp3) is 0.406. The number of phenols is 1. The molecule has 0 saturated carbocycles. The second kappa shape index (κ2) is 11.2. The van der Waals surface area contributed by atoms with E-state index in [9.17, 15) is 9.50 Å². The van der Waals surface area contributed by atoms with E-state index in [4.69, 9.17) is 15.8 Å². The van der Waals surface area contributed by atoms with Crippen molar-refractivity contribution in [2.24, 2.45) is 0 Å². The Kier molecular flexibility index (Phi) is 7.27. The molecule has 11 heteroatoms. The number of aromatic hydroxyl groups is 1. The van der Waals surface area contributed by atoms with Crippen LogP contribution in [0.5, 0.6) is 11.8 Å². The molecule has 4 aromatic rings. The van der Waals surface area contributed by atoms with E-state index in [1.807, 2.05) is 6.07 Å². The predicted molar refractivity (Wildman–Crippen MR) is 163 cm³/mol. The lowest BCUT2D eigenvalue weighted by Crippen LogP contribution is -2.45. The number of benzene rings is 2. The third-order valence-corrected chi connectivity index (χ3v) is 9.00. The predicted octanol–water partition coefficient (Wildman–Crippen LogP) is 5.01. The molecule has 1 N–H and O–H groups in total. The number of hydrogen-bond acceptors (Lipinski definition) is 8. The van der Waals surface area contributed by atoms with Gasteiger partial charge in [-0.25, -0.2) is 8.78 Å². The Bertz CT molecular complexity index is 1730. The van der Waals surface area contributed by atoms with Crippen LogP contribution in [-0.4, -0.2) is 83.4 Å². The molecule has 0 spiro atoms. The van der Waals surface area contributed by atoms with Crippen LogP contribution in [0.2, 0.25) is 6.32 Å². The first-order chi connectivity index (χ1) is 20.9. The van der Waals surface area contributed by atoms with Gasteiger partial charge in [-0.1, -0.05) is 18.1 Å². The molecule has 4 saturated heterocycles. The van der Waals surface area contributed by atoms with Gasteiger partial charge in [0, 0.05) is 48.3 Å². The number of anilines is 1. The zero-order valence-electron chi connectivity index (χ0n) is 24.0. The smallest absolute Gasteiger partial charge is 0.318 e. The molecule has 0 aliphatic carbocycles. The van der Waals surface area contributed by atoms with Gasteiger partial charge in [-0.2, -0.15) is 9.97 Å². The van der Waals surface area contributed by atoms with Crippen molar-refractivity contribution < 1.29 is 23.3 Å². The standard InChI is InChI=1S/C25H20BFN4O3.C7H12FN/c1-3-14-5-4-6-15-9-16(32)10-18(20(14)15)22-21(27)23-19(11-28-22)24(30-25(29-23)33-2)31-12-17-7-8-26(13-31)34-17;8-6-4-7-2-1-3-9(7)5-6/h1,4-6,9-11,17,32H,7-8,12-13H2,2H3;6-7H,1-5H2. The number of methoxy groups -OCH3 is 1. The number of aromatic nitrogens is 3. The molecule has 8 nitrogen and oxygen atoms in total. The van der Waals surface area contributed by atoms with E-state index < -0.39 is 12.0 Å². The Morgan fingerprint density at radius 1 is 1.21 bits per heavy atom. The Morgan fingerprint density at radius 2 is 2.09 bits per heavy atom. The van der Waals surface area contributed by atoms with Crippen LogP contribution in [0, 0.1) is 18.2 Å². The summed E-state index contributed by atoms with van der Waals surface area (Å²) in [5.41, 5.74) is 1.12. The highest BCUT2D eigenvalue weighted by Crippen LogP contribution is 2.39. The summed E-state index contributed by atoms with van der Waals surface area (Å²) in [6.07, 6.45) is 12.9. The van der Waals surface area contributed by atoms with Crippen LogP contribution in [0.4, 0.5) is 14.6 Å². The lowest BCUT2D eigenvalue weighted by molar-refractivity contribution is 0.221. The van der Waals surface area contributed by atoms with Gasteiger partial charge in [-0.05, 0) is 62.1 Å². The van der Waals surface area contributed by atoms with Crippen molar-refractivity contribution in [3.63, 3.8) is 0 Å². The fourth-order valence-electron chi connectivity index (χ4n) is 7.08. The molecule has 4 aliphatic heterocycles. The largest absolute Gasteiger partial charge is 0.508 e. The van der Waals surface area contributed by atoms with Crippen LogP contribution in [0.1, 0.15) is 31.2 Å². The molecule has 220 valence electrons. The third-order valence-electron chi connectivity index (χ3n) is 9.00. The lowest BCUT2D eigenvalue weighted by Gasteiger charge is -2.32. The number of ether oxygens (including phenoxy) is 1. The number of halogens is 2. The van der Waals surface area contributed by atoms with Gasteiger partial charge in [0.05, 0.1) is 18.6 Å². The van der Waals surface area contributed by atoms with Crippen molar-refractivity contribution >= 4 is 34.4 Å². The topological polar surface area (TPSA) is 83.8 Å². The van der Waals surface area contributed by atoms with E-state index in [2.05, 4.69) is 30.7 Å². The van der Waals surface area contributed by atoms with E-state index in [-0.39, 0.29) is 36.0 Å². The van der Waals surface area contributed by atoms with Crippen LogP contribution in [0.15, 0.2) is 36.5 Å². The number of phenolic OH excluding ortho intramolecular Hbond substituents is 1. The van der Waals surface area contributed by atoms with E-state index in [1.165, 1.54) is 26.0 Å². The number of terminal acetylenes is 1. The van der Waals surface area contributed by atoms with Gasteiger partial charge in [0.25, 0.3) is 0 Å². The average Bonchev–Trinajstić information content (AvgIpc) is 3.70. The second-order valence-corrected chi connectivity index (χ2v) is 11.7. The summed E-state index contributed by atoms with van der Waals surface area (Å²) in [7, 11) is 1.45. The lowest BCUT2D eigenvalue weighted by atomic mass is 9.65. The highest BCUT2D eigenvalue weighted by molar-refractivity contribution is 6.53. The second-order valence-electron chi connectivity index (χ2n) is 11.7. The van der Waals surface area contributed by atoms with Gasteiger partial charge in [0.15, 0.2) is 5.82 Å². The third kappa shape index (κ3) is 5.13. The van der Waals surface area contributed by atoms with Crippen LogP contribution < -0.4 is 9.64 Å². The Balaban J connectivity index is 0.000000283. The quantitative estimate of drug-likeness (QED) is 0.266. The van der Waals surface area contributed by atoms with Crippen molar-refractivity contribution in [2.75, 3.05) is 38.1 Å². The maximum Gasteiger partial charge on any atom is 0.318 e. The molecule has 6 heterocycles. The number of rotatable bonds is 3. The first-order valence-electron chi connectivity index (χ1n) is 14.8. The van der Waals surface area contributed by atoms with Gasteiger partial charge in [0.1, 0.15) is 28.9 Å². The highest BCUT2D eigenvalue weighted by atomic mass is 19.1. The molecule has 8 rings (SSSR count). The summed E-state index contributed by atoms with van der Waals surface area (Å²) in [4.78, 5) is 17.7. The molecular formula is C32H32BF2N5O3. The van der Waals surface area contributed by atoms with E-state index in [0.717, 1.165) is 25.7 Å². The molecule has 4 fully saturated rings. The van der Waals surface area contributed by atoms with Crippen LogP contribution >= 0.6 is 0 Å². The minimum Gasteiger partial charge on any atom is -0.508 e. The maximum atomic E-state index is 16.1. The first-order valence-corrected chi connectivity index (χ1v) is 14.8. The summed E-state index contributed by atoms with van der Waals surface area (Å²) in [6, 6.07) is 9.13. The number of alkyl halides is 1. The van der Waals surface area contributed by atoms with Crippen molar-refractivity contribution in [3.05, 3.63) is 47.9 Å². The monoisotopic (exact) mass is 583 g/mol. The Hall–Kier alpha value is -4.01. The van der Waals surface area contributed by atoms with Crippen molar-refractivity contribution in [2.45, 2.75) is 50.3 Å². The number of fused-ring (bicyclic) bond motifs is 5. The summed E-state index contributed by atoms with van der Waals surface area (Å²) >= 11 is 0. The maximum absolute atomic E-state index is 16.1. The fourth-order valence-corrected chi connectivity index (χ4v) is 7.08. The molecule has 0 amide bonds. The van der Waals surface area contributed by atoms with E-state index >= 15 is 4.39 Å². The highest BCUT2D eigenvalue weighted by Gasteiger charge is 2.38.